The van der Waals surface area contributed by atoms with Gasteiger partial charge >= 0.3 is 0 Å². The Morgan fingerprint density at radius 3 is 2.56 bits per heavy atom. The summed E-state index contributed by atoms with van der Waals surface area (Å²) in [6.45, 7) is 3.91. The number of ether oxygens (including phenoxy) is 1. The standard InChI is InChI=1S/C14H21NO/c1-2-10-16-14-8-6-12(7-9-14)11-15-13-4-3-5-13/h6-9,13,15H,2-5,10-11H2,1H3. The van der Waals surface area contributed by atoms with Crippen molar-refractivity contribution in [1.29, 1.82) is 0 Å². The van der Waals surface area contributed by atoms with Crippen LogP contribution in [0.5, 0.6) is 5.75 Å². The maximum atomic E-state index is 5.55. The molecule has 1 aromatic rings. The molecule has 0 spiro atoms. The zero-order valence-corrected chi connectivity index (χ0v) is 10.0. The summed E-state index contributed by atoms with van der Waals surface area (Å²) in [5, 5.41) is 3.56. The van der Waals surface area contributed by atoms with Crippen molar-refractivity contribution in [3.63, 3.8) is 0 Å². The minimum atomic E-state index is 0.760. The molecule has 0 aliphatic heterocycles. The van der Waals surface area contributed by atoms with Gasteiger partial charge in [-0.2, -0.15) is 0 Å². The van der Waals surface area contributed by atoms with Crippen molar-refractivity contribution in [3.8, 4) is 5.75 Å². The van der Waals surface area contributed by atoms with Gasteiger partial charge in [0.05, 0.1) is 6.61 Å². The summed E-state index contributed by atoms with van der Waals surface area (Å²) in [5.41, 5.74) is 1.34. The van der Waals surface area contributed by atoms with Crippen LogP contribution < -0.4 is 10.1 Å². The number of hydrogen-bond donors (Lipinski definition) is 1. The maximum Gasteiger partial charge on any atom is 0.119 e. The SMILES string of the molecule is CCCOc1ccc(CNC2CCC2)cc1. The van der Waals surface area contributed by atoms with Crippen LogP contribution in [-0.2, 0) is 6.54 Å². The van der Waals surface area contributed by atoms with Gasteiger partial charge in [0.2, 0.25) is 0 Å². The Labute approximate surface area is 98.0 Å². The summed E-state index contributed by atoms with van der Waals surface area (Å²) in [6, 6.07) is 9.19. The van der Waals surface area contributed by atoms with Crippen molar-refractivity contribution >= 4 is 0 Å². The molecule has 1 fully saturated rings. The molecule has 88 valence electrons. The van der Waals surface area contributed by atoms with Crippen LogP contribution in [0.1, 0.15) is 38.2 Å². The number of hydrogen-bond acceptors (Lipinski definition) is 2. The molecule has 1 aliphatic rings. The number of nitrogens with one attached hydrogen (secondary N) is 1. The van der Waals surface area contributed by atoms with Crippen LogP contribution >= 0.6 is 0 Å². The van der Waals surface area contributed by atoms with Crippen LogP contribution in [0.2, 0.25) is 0 Å². The summed E-state index contributed by atoms with van der Waals surface area (Å²) >= 11 is 0. The Kier molecular flexibility index (Phi) is 4.23. The molecule has 0 heterocycles. The third kappa shape index (κ3) is 3.24. The molecule has 0 saturated heterocycles. The summed E-state index contributed by atoms with van der Waals surface area (Å²) in [6.07, 6.45) is 5.14. The second-order valence-electron chi connectivity index (χ2n) is 4.50. The van der Waals surface area contributed by atoms with Gasteiger partial charge in [0.15, 0.2) is 0 Å². The monoisotopic (exact) mass is 219 g/mol. The van der Waals surface area contributed by atoms with Crippen LogP contribution in [0.3, 0.4) is 0 Å². The smallest absolute Gasteiger partial charge is 0.119 e. The Bertz CT molecular complexity index is 303. The zero-order valence-electron chi connectivity index (χ0n) is 10.0. The van der Waals surface area contributed by atoms with Crippen molar-refractivity contribution in [2.75, 3.05) is 6.61 Å². The molecule has 0 radical (unpaired) electrons. The van der Waals surface area contributed by atoms with Gasteiger partial charge in [0, 0.05) is 12.6 Å². The van der Waals surface area contributed by atoms with E-state index in [0.29, 0.717) is 0 Å². The molecule has 0 bridgehead atoms. The van der Waals surface area contributed by atoms with E-state index in [0.717, 1.165) is 31.4 Å². The zero-order chi connectivity index (χ0) is 11.2. The van der Waals surface area contributed by atoms with Gasteiger partial charge in [0.25, 0.3) is 0 Å². The van der Waals surface area contributed by atoms with Crippen molar-refractivity contribution in [1.82, 2.24) is 5.32 Å². The van der Waals surface area contributed by atoms with E-state index in [1.54, 1.807) is 0 Å². The average Bonchev–Trinajstić information content (AvgIpc) is 2.26. The van der Waals surface area contributed by atoms with E-state index in [1.165, 1.54) is 24.8 Å². The van der Waals surface area contributed by atoms with E-state index in [4.69, 9.17) is 4.74 Å². The molecule has 2 rings (SSSR count). The first-order chi connectivity index (χ1) is 7.88. The van der Waals surface area contributed by atoms with Gasteiger partial charge in [-0.1, -0.05) is 25.5 Å². The summed E-state index contributed by atoms with van der Waals surface area (Å²) in [4.78, 5) is 0. The first kappa shape index (κ1) is 11.5. The lowest BCUT2D eigenvalue weighted by molar-refractivity contribution is 0.317. The minimum absolute atomic E-state index is 0.760. The molecule has 16 heavy (non-hydrogen) atoms. The highest BCUT2D eigenvalue weighted by Crippen LogP contribution is 2.19. The van der Waals surface area contributed by atoms with Crippen molar-refractivity contribution in [2.45, 2.75) is 45.2 Å². The largest absolute Gasteiger partial charge is 0.494 e. The van der Waals surface area contributed by atoms with Gasteiger partial charge in [0.1, 0.15) is 5.75 Å². The molecule has 2 heteroatoms. The predicted octanol–water partition coefficient (Wildman–Crippen LogP) is 3.12. The van der Waals surface area contributed by atoms with E-state index in [-0.39, 0.29) is 0 Å². The van der Waals surface area contributed by atoms with Gasteiger partial charge in [-0.15, -0.1) is 0 Å². The van der Waals surface area contributed by atoms with Gasteiger partial charge in [-0.3, -0.25) is 0 Å². The highest BCUT2D eigenvalue weighted by molar-refractivity contribution is 5.27. The summed E-state index contributed by atoms with van der Waals surface area (Å²) < 4.78 is 5.55. The van der Waals surface area contributed by atoms with Gasteiger partial charge in [-0.25, -0.2) is 0 Å². The van der Waals surface area contributed by atoms with Crippen LogP contribution in [0.25, 0.3) is 0 Å². The fraction of sp³-hybridized carbons (Fsp3) is 0.571. The van der Waals surface area contributed by atoms with Crippen molar-refractivity contribution < 1.29 is 4.74 Å². The molecular formula is C14H21NO. The first-order valence-corrected chi connectivity index (χ1v) is 6.33. The normalized spacial score (nSPS) is 15.8. The molecular weight excluding hydrogens is 198 g/mol. The first-order valence-electron chi connectivity index (χ1n) is 6.33. The topological polar surface area (TPSA) is 21.3 Å². The molecule has 0 aromatic heterocycles. The molecule has 2 nitrogen and oxygen atoms in total. The summed E-state index contributed by atoms with van der Waals surface area (Å²) in [7, 11) is 0. The predicted molar refractivity (Wildman–Crippen MR) is 66.7 cm³/mol. The van der Waals surface area contributed by atoms with Crippen LogP contribution in [0, 0.1) is 0 Å². The highest BCUT2D eigenvalue weighted by Gasteiger charge is 2.15. The van der Waals surface area contributed by atoms with Gasteiger partial charge in [-0.05, 0) is 37.0 Å². The lowest BCUT2D eigenvalue weighted by atomic mass is 9.93. The molecule has 0 unspecified atom stereocenters. The van der Waals surface area contributed by atoms with E-state index < -0.39 is 0 Å². The third-order valence-corrected chi connectivity index (χ3v) is 3.10. The third-order valence-electron chi connectivity index (χ3n) is 3.10. The van der Waals surface area contributed by atoms with Gasteiger partial charge < -0.3 is 10.1 Å². The molecule has 1 aliphatic carbocycles. The fourth-order valence-electron chi connectivity index (χ4n) is 1.80. The Morgan fingerprint density at radius 2 is 2.00 bits per heavy atom. The number of rotatable bonds is 6. The molecule has 1 N–H and O–H groups in total. The van der Waals surface area contributed by atoms with E-state index >= 15 is 0 Å². The quantitative estimate of drug-likeness (QED) is 0.793. The molecule has 0 amide bonds. The van der Waals surface area contributed by atoms with Crippen LogP contribution in [0.15, 0.2) is 24.3 Å². The molecule has 0 atom stereocenters. The molecule has 1 aromatic carbocycles. The van der Waals surface area contributed by atoms with Crippen LogP contribution in [0.4, 0.5) is 0 Å². The Morgan fingerprint density at radius 1 is 1.25 bits per heavy atom. The van der Waals surface area contributed by atoms with E-state index in [2.05, 4.69) is 36.5 Å². The van der Waals surface area contributed by atoms with Crippen molar-refractivity contribution in [2.24, 2.45) is 0 Å². The molecule has 1 saturated carbocycles. The second-order valence-corrected chi connectivity index (χ2v) is 4.50. The lowest BCUT2D eigenvalue weighted by Gasteiger charge is -2.26. The van der Waals surface area contributed by atoms with E-state index in [1.807, 2.05) is 0 Å². The van der Waals surface area contributed by atoms with E-state index in [9.17, 15) is 0 Å². The minimum Gasteiger partial charge on any atom is -0.494 e. The van der Waals surface area contributed by atoms with Crippen molar-refractivity contribution in [3.05, 3.63) is 29.8 Å². The average molecular weight is 219 g/mol. The fourth-order valence-corrected chi connectivity index (χ4v) is 1.80. The highest BCUT2D eigenvalue weighted by atomic mass is 16.5. The Hall–Kier alpha value is -1.02. The Balaban J connectivity index is 1.76. The lowest BCUT2D eigenvalue weighted by Crippen LogP contribution is -2.34. The number of benzene rings is 1. The second kappa shape index (κ2) is 5.90. The summed E-state index contributed by atoms with van der Waals surface area (Å²) in [5.74, 6) is 0.981. The van der Waals surface area contributed by atoms with Crippen LogP contribution in [-0.4, -0.2) is 12.6 Å². The maximum absolute atomic E-state index is 5.55.